The van der Waals surface area contributed by atoms with Crippen LogP contribution in [-0.2, 0) is 0 Å². The number of pyridine rings is 1. The Morgan fingerprint density at radius 1 is 1.35 bits per heavy atom. The minimum absolute atomic E-state index is 0.489. The number of anilines is 2. The fourth-order valence-corrected chi connectivity index (χ4v) is 3.07. The molecule has 3 rings (SSSR count). The highest BCUT2D eigenvalue weighted by molar-refractivity contribution is 5.96. The molecule has 0 amide bonds. The highest BCUT2D eigenvalue weighted by Crippen LogP contribution is 2.30. The van der Waals surface area contributed by atoms with Crippen molar-refractivity contribution >= 4 is 22.3 Å². The summed E-state index contributed by atoms with van der Waals surface area (Å²) in [4.78, 5) is 6.73. The Morgan fingerprint density at radius 3 is 3.00 bits per heavy atom. The van der Waals surface area contributed by atoms with E-state index in [9.17, 15) is 0 Å². The van der Waals surface area contributed by atoms with E-state index in [1.54, 1.807) is 6.20 Å². The van der Waals surface area contributed by atoms with Crippen molar-refractivity contribution < 1.29 is 0 Å². The molecule has 4 heteroatoms. The summed E-state index contributed by atoms with van der Waals surface area (Å²) in [5.74, 6) is 0.623. The molecule has 0 spiro atoms. The first kappa shape index (κ1) is 13.2. The van der Waals surface area contributed by atoms with Gasteiger partial charge in [0.2, 0.25) is 0 Å². The number of nitrogens with two attached hydrogens (primary N) is 1. The first-order valence-electron chi connectivity index (χ1n) is 7.23. The molecule has 1 aromatic carbocycles. The first-order valence-corrected chi connectivity index (χ1v) is 7.23. The summed E-state index contributed by atoms with van der Waals surface area (Å²) in [6, 6.07) is 8.54. The van der Waals surface area contributed by atoms with Gasteiger partial charge in [0, 0.05) is 24.2 Å². The maximum Gasteiger partial charge on any atom is 0.0724 e. The third-order valence-electron chi connectivity index (χ3n) is 4.28. The lowest BCUT2D eigenvalue weighted by molar-refractivity contribution is 0.206. The van der Waals surface area contributed by atoms with Crippen LogP contribution >= 0.6 is 0 Å². The molecular formula is C16H22N4. The highest BCUT2D eigenvalue weighted by Gasteiger charge is 2.24. The molecule has 2 heterocycles. The van der Waals surface area contributed by atoms with E-state index < -0.39 is 0 Å². The average molecular weight is 270 g/mol. The van der Waals surface area contributed by atoms with Gasteiger partial charge in [0.15, 0.2) is 0 Å². The van der Waals surface area contributed by atoms with Gasteiger partial charge in [-0.05, 0) is 50.2 Å². The lowest BCUT2D eigenvalue weighted by Gasteiger charge is -2.36. The minimum atomic E-state index is 0.489. The predicted octanol–water partition coefficient (Wildman–Crippen LogP) is 2.57. The molecule has 1 saturated heterocycles. The Kier molecular flexibility index (Phi) is 3.49. The van der Waals surface area contributed by atoms with Gasteiger partial charge in [-0.2, -0.15) is 0 Å². The van der Waals surface area contributed by atoms with Crippen LogP contribution in [0.1, 0.15) is 13.3 Å². The maximum atomic E-state index is 6.30. The van der Waals surface area contributed by atoms with Crippen molar-refractivity contribution in [3.05, 3.63) is 30.5 Å². The Balaban J connectivity index is 1.86. The highest BCUT2D eigenvalue weighted by atomic mass is 15.1. The van der Waals surface area contributed by atoms with Gasteiger partial charge in [-0.15, -0.1) is 0 Å². The number of aromatic nitrogens is 1. The Bertz CT molecular complexity index is 610. The van der Waals surface area contributed by atoms with E-state index in [1.165, 1.54) is 0 Å². The van der Waals surface area contributed by atoms with Crippen LogP contribution < -0.4 is 11.1 Å². The van der Waals surface area contributed by atoms with Gasteiger partial charge in [0.1, 0.15) is 0 Å². The topological polar surface area (TPSA) is 54.2 Å². The molecule has 0 bridgehead atoms. The van der Waals surface area contributed by atoms with Gasteiger partial charge >= 0.3 is 0 Å². The quantitative estimate of drug-likeness (QED) is 0.824. The minimum Gasteiger partial charge on any atom is -0.397 e. The van der Waals surface area contributed by atoms with Gasteiger partial charge in [-0.3, -0.25) is 4.98 Å². The third kappa shape index (κ3) is 2.43. The number of likely N-dealkylation sites (tertiary alicyclic amines) is 1. The van der Waals surface area contributed by atoms with E-state index in [0.717, 1.165) is 41.8 Å². The molecule has 20 heavy (non-hydrogen) atoms. The monoisotopic (exact) mass is 270 g/mol. The van der Waals surface area contributed by atoms with E-state index in [-0.39, 0.29) is 0 Å². The predicted molar refractivity (Wildman–Crippen MR) is 84.8 cm³/mol. The second-order valence-electron chi connectivity index (χ2n) is 5.88. The second-order valence-corrected chi connectivity index (χ2v) is 5.88. The summed E-state index contributed by atoms with van der Waals surface area (Å²) in [5.41, 5.74) is 9.09. The number of fused-ring (bicyclic) bond motifs is 1. The van der Waals surface area contributed by atoms with Crippen molar-refractivity contribution in [3.63, 3.8) is 0 Å². The van der Waals surface area contributed by atoms with E-state index in [0.29, 0.717) is 12.0 Å². The number of rotatable bonds is 2. The summed E-state index contributed by atoms with van der Waals surface area (Å²) in [6.45, 7) is 4.57. The second kappa shape index (κ2) is 5.29. The van der Waals surface area contributed by atoms with Crippen molar-refractivity contribution in [2.24, 2.45) is 5.92 Å². The normalized spacial score (nSPS) is 23.9. The van der Waals surface area contributed by atoms with Crippen LogP contribution in [-0.4, -0.2) is 36.1 Å². The number of nitrogens with one attached hydrogen (secondary N) is 1. The smallest absolute Gasteiger partial charge is 0.0724 e. The first-order chi connectivity index (χ1) is 9.65. The summed E-state index contributed by atoms with van der Waals surface area (Å²) >= 11 is 0. The van der Waals surface area contributed by atoms with Crippen molar-refractivity contribution in [2.45, 2.75) is 19.4 Å². The van der Waals surface area contributed by atoms with Crippen molar-refractivity contribution in [3.8, 4) is 0 Å². The molecule has 2 unspecified atom stereocenters. The Hall–Kier alpha value is -1.81. The molecular weight excluding hydrogens is 248 g/mol. The fourth-order valence-electron chi connectivity index (χ4n) is 3.07. The van der Waals surface area contributed by atoms with E-state index in [4.69, 9.17) is 5.73 Å². The van der Waals surface area contributed by atoms with Crippen LogP contribution in [0.25, 0.3) is 10.9 Å². The molecule has 0 aliphatic carbocycles. The van der Waals surface area contributed by atoms with Crippen LogP contribution in [0.2, 0.25) is 0 Å². The summed E-state index contributed by atoms with van der Waals surface area (Å²) < 4.78 is 0. The lowest BCUT2D eigenvalue weighted by Crippen LogP contribution is -2.43. The van der Waals surface area contributed by atoms with Crippen molar-refractivity contribution in [2.75, 3.05) is 31.2 Å². The number of hydrogen-bond acceptors (Lipinski definition) is 4. The van der Waals surface area contributed by atoms with Gasteiger partial charge in [-0.25, -0.2) is 0 Å². The SMILES string of the molecule is CC1CN(C)CCC1Nc1ccc2ncccc2c1N. The van der Waals surface area contributed by atoms with Gasteiger partial charge in [-0.1, -0.05) is 6.92 Å². The van der Waals surface area contributed by atoms with E-state index >= 15 is 0 Å². The van der Waals surface area contributed by atoms with Crippen LogP contribution in [0.15, 0.2) is 30.5 Å². The maximum absolute atomic E-state index is 6.30. The molecule has 1 fully saturated rings. The number of hydrogen-bond donors (Lipinski definition) is 2. The molecule has 1 aliphatic heterocycles. The molecule has 106 valence electrons. The Morgan fingerprint density at radius 2 is 2.20 bits per heavy atom. The standard InChI is InChI=1S/C16H22N4/c1-11-10-20(2)9-7-13(11)19-15-6-5-14-12(16(15)17)4-3-8-18-14/h3-6,8,11,13,19H,7,9-10,17H2,1-2H3. The molecule has 2 aromatic rings. The summed E-state index contributed by atoms with van der Waals surface area (Å²) in [7, 11) is 2.18. The molecule has 3 N–H and O–H groups in total. The molecule has 1 aromatic heterocycles. The molecule has 0 saturated carbocycles. The van der Waals surface area contributed by atoms with Gasteiger partial charge in [0.05, 0.1) is 16.9 Å². The van der Waals surface area contributed by atoms with E-state index in [1.807, 2.05) is 18.2 Å². The Labute approximate surface area is 120 Å². The molecule has 0 radical (unpaired) electrons. The zero-order valence-electron chi connectivity index (χ0n) is 12.1. The zero-order valence-corrected chi connectivity index (χ0v) is 12.1. The van der Waals surface area contributed by atoms with Crippen LogP contribution in [0.5, 0.6) is 0 Å². The zero-order chi connectivity index (χ0) is 14.1. The van der Waals surface area contributed by atoms with Crippen LogP contribution in [0.3, 0.4) is 0 Å². The van der Waals surface area contributed by atoms with E-state index in [2.05, 4.69) is 35.2 Å². The molecule has 1 aliphatic rings. The fraction of sp³-hybridized carbons (Fsp3) is 0.438. The largest absolute Gasteiger partial charge is 0.397 e. The number of benzene rings is 1. The third-order valence-corrected chi connectivity index (χ3v) is 4.28. The summed E-state index contributed by atoms with van der Waals surface area (Å²) in [6.07, 6.45) is 2.95. The van der Waals surface area contributed by atoms with Crippen LogP contribution in [0, 0.1) is 5.92 Å². The number of piperidine rings is 1. The average Bonchev–Trinajstić information content (AvgIpc) is 2.45. The molecule has 4 nitrogen and oxygen atoms in total. The van der Waals surface area contributed by atoms with Crippen LogP contribution in [0.4, 0.5) is 11.4 Å². The van der Waals surface area contributed by atoms with Gasteiger partial charge in [0.25, 0.3) is 0 Å². The van der Waals surface area contributed by atoms with Crippen molar-refractivity contribution in [1.29, 1.82) is 0 Å². The van der Waals surface area contributed by atoms with Gasteiger partial charge < -0.3 is 16.0 Å². The number of nitrogens with zero attached hydrogens (tertiary/aromatic N) is 2. The number of nitrogen functional groups attached to an aromatic ring is 1. The lowest BCUT2D eigenvalue weighted by atomic mass is 9.93. The summed E-state index contributed by atoms with van der Waals surface area (Å²) in [5, 5.41) is 4.66. The molecule has 2 atom stereocenters. The van der Waals surface area contributed by atoms with Crippen molar-refractivity contribution in [1.82, 2.24) is 9.88 Å².